The van der Waals surface area contributed by atoms with Gasteiger partial charge in [0.1, 0.15) is 22.8 Å². The van der Waals surface area contributed by atoms with Gasteiger partial charge < -0.3 is 14.8 Å². The zero-order chi connectivity index (χ0) is 21.2. The van der Waals surface area contributed by atoms with Crippen LogP contribution in [0.1, 0.15) is 49.9 Å². The average molecular weight is 397 g/mol. The van der Waals surface area contributed by atoms with Crippen LogP contribution in [-0.2, 0) is 9.47 Å². The average Bonchev–Trinajstić information content (AvgIpc) is 3.05. The van der Waals surface area contributed by atoms with Crippen molar-refractivity contribution in [3.63, 3.8) is 0 Å². The number of pyridine rings is 2. The summed E-state index contributed by atoms with van der Waals surface area (Å²) in [5.41, 5.74) is 0.949. The lowest BCUT2D eigenvalue weighted by atomic mass is 10.2. The Morgan fingerprint density at radius 3 is 2.55 bits per heavy atom. The molecule has 0 aliphatic heterocycles. The first-order chi connectivity index (χ1) is 13.7. The van der Waals surface area contributed by atoms with Gasteiger partial charge >= 0.3 is 12.1 Å². The van der Waals surface area contributed by atoms with E-state index in [4.69, 9.17) is 9.47 Å². The van der Waals surface area contributed by atoms with Gasteiger partial charge in [-0.25, -0.2) is 24.5 Å². The standard InChI is InChI=1S/C20H23N5O4/c1-12(23-19(27)29-20(2,3)4)16-24-14-7-6-10-21-17(14)25(16)15-9-8-13(11-22-15)18(26)28-5/h6-12H,1-5H3,(H,23,27). The summed E-state index contributed by atoms with van der Waals surface area (Å²) in [5.74, 6) is 0.562. The van der Waals surface area contributed by atoms with Gasteiger partial charge in [0.15, 0.2) is 5.65 Å². The van der Waals surface area contributed by atoms with E-state index in [1.807, 2.05) is 6.07 Å². The second-order valence-corrected chi connectivity index (χ2v) is 7.42. The number of imidazole rings is 1. The molecule has 1 atom stereocenters. The number of carbonyl (C=O) groups is 2. The summed E-state index contributed by atoms with van der Waals surface area (Å²) in [6, 6.07) is 6.40. The zero-order valence-electron chi connectivity index (χ0n) is 17.0. The first kappa shape index (κ1) is 20.2. The van der Waals surface area contributed by atoms with E-state index in [1.165, 1.54) is 13.3 Å². The molecular weight excluding hydrogens is 374 g/mol. The number of hydrogen-bond acceptors (Lipinski definition) is 7. The SMILES string of the molecule is COC(=O)c1ccc(-n2c(C(C)NC(=O)OC(C)(C)C)nc3cccnc32)nc1. The maximum absolute atomic E-state index is 12.2. The Bertz CT molecular complexity index is 1040. The Kier molecular flexibility index (Phi) is 5.49. The zero-order valence-corrected chi connectivity index (χ0v) is 17.0. The number of rotatable bonds is 4. The number of esters is 1. The lowest BCUT2D eigenvalue weighted by Gasteiger charge is -2.22. The predicted molar refractivity (Wildman–Crippen MR) is 106 cm³/mol. The van der Waals surface area contributed by atoms with Crippen LogP contribution in [0.15, 0.2) is 36.7 Å². The number of aromatic nitrogens is 4. The molecule has 0 aliphatic rings. The largest absolute Gasteiger partial charge is 0.465 e. The number of fused-ring (bicyclic) bond motifs is 1. The molecule has 0 radical (unpaired) electrons. The number of nitrogens with zero attached hydrogens (tertiary/aromatic N) is 4. The van der Waals surface area contributed by atoms with Gasteiger partial charge in [0, 0.05) is 12.4 Å². The Hall–Kier alpha value is -3.49. The minimum absolute atomic E-state index is 0.329. The second-order valence-electron chi connectivity index (χ2n) is 7.42. The molecule has 0 aromatic carbocycles. The van der Waals surface area contributed by atoms with Gasteiger partial charge in [-0.2, -0.15) is 0 Å². The lowest BCUT2D eigenvalue weighted by molar-refractivity contribution is 0.0504. The number of nitrogens with one attached hydrogen (secondary N) is 1. The van der Waals surface area contributed by atoms with Crippen molar-refractivity contribution in [1.82, 2.24) is 24.8 Å². The molecule has 29 heavy (non-hydrogen) atoms. The highest BCUT2D eigenvalue weighted by molar-refractivity contribution is 5.89. The molecule has 9 nitrogen and oxygen atoms in total. The van der Waals surface area contributed by atoms with Crippen molar-refractivity contribution in [3.8, 4) is 5.82 Å². The molecule has 9 heteroatoms. The van der Waals surface area contributed by atoms with Crippen LogP contribution in [-0.4, -0.2) is 44.3 Å². The molecule has 3 heterocycles. The van der Waals surface area contributed by atoms with Gasteiger partial charge in [-0.05, 0) is 52.0 Å². The molecule has 1 N–H and O–H groups in total. The summed E-state index contributed by atoms with van der Waals surface area (Å²) in [6.07, 6.45) is 2.52. The van der Waals surface area contributed by atoms with Gasteiger partial charge in [0.25, 0.3) is 0 Å². The molecule has 1 unspecified atom stereocenters. The number of hydrogen-bond donors (Lipinski definition) is 1. The van der Waals surface area contributed by atoms with Gasteiger partial charge in [-0.15, -0.1) is 0 Å². The molecule has 3 aromatic rings. The Balaban J connectivity index is 2.00. The predicted octanol–water partition coefficient (Wildman–Crippen LogP) is 3.19. The fraction of sp³-hybridized carbons (Fsp3) is 0.350. The summed E-state index contributed by atoms with van der Waals surface area (Å²) in [6.45, 7) is 7.18. The molecule has 3 aromatic heterocycles. The van der Waals surface area contributed by atoms with E-state index in [0.717, 1.165) is 0 Å². The molecule has 0 spiro atoms. The van der Waals surface area contributed by atoms with Crippen molar-refractivity contribution < 1.29 is 19.1 Å². The molecule has 0 saturated heterocycles. The molecule has 0 aliphatic carbocycles. The molecule has 3 rings (SSSR count). The van der Waals surface area contributed by atoms with Crippen molar-refractivity contribution in [2.24, 2.45) is 0 Å². The number of ether oxygens (including phenoxy) is 2. The van der Waals surface area contributed by atoms with E-state index in [9.17, 15) is 9.59 Å². The van der Waals surface area contributed by atoms with Crippen molar-refractivity contribution in [2.45, 2.75) is 39.3 Å². The summed E-state index contributed by atoms with van der Waals surface area (Å²) < 4.78 is 11.8. The Labute approximate surface area is 168 Å². The van der Waals surface area contributed by atoms with Crippen LogP contribution in [0.4, 0.5) is 4.79 Å². The van der Waals surface area contributed by atoms with Crippen LogP contribution < -0.4 is 5.32 Å². The van der Waals surface area contributed by atoms with Crippen LogP contribution >= 0.6 is 0 Å². The fourth-order valence-corrected chi connectivity index (χ4v) is 2.75. The van der Waals surface area contributed by atoms with Gasteiger partial charge in [0.05, 0.1) is 18.7 Å². The van der Waals surface area contributed by atoms with Crippen molar-refractivity contribution in [1.29, 1.82) is 0 Å². The molecule has 152 valence electrons. The van der Waals surface area contributed by atoms with Crippen LogP contribution in [0.25, 0.3) is 17.0 Å². The Morgan fingerprint density at radius 1 is 1.17 bits per heavy atom. The monoisotopic (exact) mass is 397 g/mol. The molecule has 0 saturated carbocycles. The number of alkyl carbamates (subject to hydrolysis) is 1. The lowest BCUT2D eigenvalue weighted by Crippen LogP contribution is -2.34. The number of carbonyl (C=O) groups excluding carboxylic acids is 2. The minimum Gasteiger partial charge on any atom is -0.465 e. The van der Waals surface area contributed by atoms with Crippen LogP contribution in [0.3, 0.4) is 0 Å². The second kappa shape index (κ2) is 7.86. The normalized spacial score (nSPS) is 12.4. The molecular formula is C20H23N5O4. The van der Waals surface area contributed by atoms with E-state index in [0.29, 0.717) is 28.4 Å². The summed E-state index contributed by atoms with van der Waals surface area (Å²) in [7, 11) is 1.31. The molecule has 0 bridgehead atoms. The van der Waals surface area contributed by atoms with E-state index in [-0.39, 0.29) is 0 Å². The number of amides is 1. The van der Waals surface area contributed by atoms with Gasteiger partial charge in [-0.1, -0.05) is 0 Å². The van der Waals surface area contributed by atoms with E-state index in [1.54, 1.807) is 56.7 Å². The highest BCUT2D eigenvalue weighted by atomic mass is 16.6. The first-order valence-corrected chi connectivity index (χ1v) is 9.07. The third kappa shape index (κ3) is 4.50. The quantitative estimate of drug-likeness (QED) is 0.674. The summed E-state index contributed by atoms with van der Waals surface area (Å²) >= 11 is 0. The van der Waals surface area contributed by atoms with Gasteiger partial charge in [-0.3, -0.25) is 4.57 Å². The van der Waals surface area contributed by atoms with E-state index < -0.39 is 23.7 Å². The third-order valence-corrected chi connectivity index (χ3v) is 3.96. The van der Waals surface area contributed by atoms with Crippen molar-refractivity contribution in [2.75, 3.05) is 7.11 Å². The highest BCUT2D eigenvalue weighted by Crippen LogP contribution is 2.23. The van der Waals surface area contributed by atoms with Gasteiger partial charge in [0.2, 0.25) is 0 Å². The topological polar surface area (TPSA) is 108 Å². The van der Waals surface area contributed by atoms with Crippen LogP contribution in [0.5, 0.6) is 0 Å². The number of methoxy groups -OCH3 is 1. The maximum Gasteiger partial charge on any atom is 0.408 e. The summed E-state index contributed by atoms with van der Waals surface area (Å²) in [4.78, 5) is 37.3. The van der Waals surface area contributed by atoms with Crippen LogP contribution in [0, 0.1) is 0 Å². The Morgan fingerprint density at radius 2 is 1.93 bits per heavy atom. The van der Waals surface area contributed by atoms with E-state index >= 15 is 0 Å². The van der Waals surface area contributed by atoms with Crippen molar-refractivity contribution in [3.05, 3.63) is 48.0 Å². The van der Waals surface area contributed by atoms with E-state index in [2.05, 4.69) is 20.3 Å². The highest BCUT2D eigenvalue weighted by Gasteiger charge is 2.23. The summed E-state index contributed by atoms with van der Waals surface area (Å²) in [5, 5.41) is 2.79. The smallest absolute Gasteiger partial charge is 0.408 e. The third-order valence-electron chi connectivity index (χ3n) is 3.96. The fourth-order valence-electron chi connectivity index (χ4n) is 2.75. The molecule has 1 amide bonds. The van der Waals surface area contributed by atoms with Crippen molar-refractivity contribution >= 4 is 23.2 Å². The van der Waals surface area contributed by atoms with Crippen LogP contribution in [0.2, 0.25) is 0 Å². The maximum atomic E-state index is 12.2. The minimum atomic E-state index is -0.614. The molecule has 0 fully saturated rings. The first-order valence-electron chi connectivity index (χ1n) is 9.07.